The molecular weight excluding hydrogens is 564 g/mol. The summed E-state index contributed by atoms with van der Waals surface area (Å²) in [7, 11) is -0.892. The monoisotopic (exact) mass is 601 g/mol. The second-order valence-corrected chi connectivity index (χ2v) is 13.6. The number of carboxylic acids is 1. The minimum absolute atomic E-state index is 0. The van der Waals surface area contributed by atoms with Gasteiger partial charge in [0.2, 0.25) is 0 Å². The second kappa shape index (κ2) is 18.2. The summed E-state index contributed by atoms with van der Waals surface area (Å²) in [6.45, 7) is 1.08. The van der Waals surface area contributed by atoms with Gasteiger partial charge in [0.15, 0.2) is 0 Å². The summed E-state index contributed by atoms with van der Waals surface area (Å²) in [6, 6.07) is 64.7. The molecule has 0 spiro atoms. The lowest BCUT2D eigenvalue weighted by atomic mass is 10.4. The van der Waals surface area contributed by atoms with Gasteiger partial charge < -0.3 is 11.3 Å². The fraction of sp³-hybridized carbons (Fsp3) is 0.0263. The third kappa shape index (κ3) is 10.4. The fourth-order valence-corrected chi connectivity index (χ4v) is 8.97. The van der Waals surface area contributed by atoms with Crippen molar-refractivity contribution in [3.63, 3.8) is 0 Å². The van der Waals surface area contributed by atoms with Crippen molar-refractivity contribution in [1.29, 1.82) is 0 Å². The first-order valence-corrected chi connectivity index (χ1v) is 16.4. The number of rotatable bonds is 6. The van der Waals surface area contributed by atoms with Crippen LogP contribution in [0, 0.1) is 0 Å². The molecule has 4 N–H and O–H groups in total. The molecule has 0 unspecified atom stereocenters. The summed E-state index contributed by atoms with van der Waals surface area (Å²) >= 11 is 0. The molecule has 6 aromatic carbocycles. The molecule has 0 radical (unpaired) electrons. The van der Waals surface area contributed by atoms with Crippen molar-refractivity contribution in [1.82, 2.24) is 6.15 Å². The summed E-state index contributed by atoms with van der Waals surface area (Å²) in [5.41, 5.74) is 0. The summed E-state index contributed by atoms with van der Waals surface area (Å²) in [6.07, 6.45) is 0. The van der Waals surface area contributed by atoms with Crippen molar-refractivity contribution in [2.75, 3.05) is 0 Å². The third-order valence-corrected chi connectivity index (χ3v) is 11.0. The largest absolute Gasteiger partial charge is 0.481 e. The highest BCUT2D eigenvalue weighted by atomic mass is 31.1. The molecule has 0 aliphatic rings. The lowest BCUT2D eigenvalue weighted by Gasteiger charge is -2.18. The van der Waals surface area contributed by atoms with Crippen molar-refractivity contribution < 1.29 is 9.90 Å². The Kier molecular flexibility index (Phi) is 14.0. The predicted octanol–water partition coefficient (Wildman–Crippen LogP) is 7.14. The van der Waals surface area contributed by atoms with Crippen LogP contribution in [0.2, 0.25) is 0 Å². The molecule has 0 aromatic heterocycles. The van der Waals surface area contributed by atoms with Gasteiger partial charge in [0.05, 0.1) is 0 Å². The number of aliphatic carboxylic acids is 1. The van der Waals surface area contributed by atoms with Crippen LogP contribution >= 0.6 is 15.8 Å². The van der Waals surface area contributed by atoms with E-state index >= 15 is 0 Å². The van der Waals surface area contributed by atoms with Crippen molar-refractivity contribution in [2.24, 2.45) is 0 Å². The molecular formula is C38H37NO2P2. The predicted molar refractivity (Wildman–Crippen MR) is 189 cm³/mol. The highest BCUT2D eigenvalue weighted by Gasteiger charge is 2.16. The number of benzene rings is 6. The van der Waals surface area contributed by atoms with Crippen molar-refractivity contribution in [2.45, 2.75) is 6.92 Å². The van der Waals surface area contributed by atoms with E-state index in [4.69, 9.17) is 9.90 Å². The van der Waals surface area contributed by atoms with E-state index in [2.05, 4.69) is 182 Å². The standard InChI is InChI=1S/2C18H15P.C2H4O2.H3N/c2*1-4-10-16(11-5-1)19(17-12-6-2-7-13-17)18-14-8-3-9-15-18;1-2(3)4;/h2*1-15H;1H3,(H,3,4);1H3. The Balaban J connectivity index is 0.000000206. The topological polar surface area (TPSA) is 72.3 Å². The van der Waals surface area contributed by atoms with E-state index in [0.717, 1.165) is 6.92 Å². The van der Waals surface area contributed by atoms with Gasteiger partial charge in [-0.15, -0.1) is 0 Å². The molecule has 0 saturated heterocycles. The Bertz CT molecular complexity index is 1280. The second-order valence-electron chi connectivity index (χ2n) is 9.20. The first-order valence-electron chi connectivity index (χ1n) is 13.7. The van der Waals surface area contributed by atoms with Gasteiger partial charge in [-0.1, -0.05) is 182 Å². The Morgan fingerprint density at radius 2 is 0.488 bits per heavy atom. The van der Waals surface area contributed by atoms with Crippen LogP contribution in [-0.4, -0.2) is 11.1 Å². The summed E-state index contributed by atoms with van der Waals surface area (Å²) in [5.74, 6) is -0.833. The van der Waals surface area contributed by atoms with E-state index in [1.165, 1.54) is 31.8 Å². The molecule has 0 bridgehead atoms. The number of carboxylic acid groups (broad SMARTS) is 1. The maximum atomic E-state index is 9.00. The van der Waals surface area contributed by atoms with E-state index < -0.39 is 21.8 Å². The van der Waals surface area contributed by atoms with Crippen LogP contribution in [-0.2, 0) is 4.79 Å². The zero-order chi connectivity index (χ0) is 29.4. The van der Waals surface area contributed by atoms with Gasteiger partial charge in [0, 0.05) is 6.92 Å². The van der Waals surface area contributed by atoms with Crippen molar-refractivity contribution >= 4 is 53.6 Å². The molecule has 43 heavy (non-hydrogen) atoms. The normalized spacial score (nSPS) is 9.93. The van der Waals surface area contributed by atoms with Gasteiger partial charge in [-0.25, -0.2) is 0 Å². The van der Waals surface area contributed by atoms with Crippen LogP contribution in [0.15, 0.2) is 182 Å². The molecule has 0 heterocycles. The maximum Gasteiger partial charge on any atom is 0.300 e. The minimum atomic E-state index is -0.833. The lowest BCUT2D eigenvalue weighted by molar-refractivity contribution is -0.134. The SMILES string of the molecule is CC(=O)O.N.c1ccc(P(c2ccccc2)c2ccccc2)cc1.c1ccc(P(c2ccccc2)c2ccccc2)cc1. The quantitative estimate of drug-likeness (QED) is 0.199. The molecule has 3 nitrogen and oxygen atoms in total. The smallest absolute Gasteiger partial charge is 0.300 e. The van der Waals surface area contributed by atoms with Gasteiger partial charge in [-0.3, -0.25) is 4.79 Å². The number of carbonyl (C=O) groups is 1. The Morgan fingerprint density at radius 3 is 0.605 bits per heavy atom. The van der Waals surface area contributed by atoms with Crippen molar-refractivity contribution in [3.05, 3.63) is 182 Å². The van der Waals surface area contributed by atoms with Crippen LogP contribution in [0.3, 0.4) is 0 Å². The van der Waals surface area contributed by atoms with Gasteiger partial charge in [-0.2, -0.15) is 0 Å². The molecule has 216 valence electrons. The van der Waals surface area contributed by atoms with Gasteiger partial charge in [-0.05, 0) is 47.7 Å². The van der Waals surface area contributed by atoms with E-state index in [1.807, 2.05) is 0 Å². The van der Waals surface area contributed by atoms with E-state index in [1.54, 1.807) is 0 Å². The number of hydrogen-bond donors (Lipinski definition) is 2. The molecule has 0 aliphatic heterocycles. The van der Waals surface area contributed by atoms with Crippen LogP contribution in [0.5, 0.6) is 0 Å². The van der Waals surface area contributed by atoms with Gasteiger partial charge in [0.1, 0.15) is 0 Å². The Morgan fingerprint density at radius 1 is 0.372 bits per heavy atom. The highest BCUT2D eigenvalue weighted by Crippen LogP contribution is 2.33. The van der Waals surface area contributed by atoms with E-state index in [0.29, 0.717) is 0 Å². The summed E-state index contributed by atoms with van der Waals surface area (Å²) in [4.78, 5) is 9.00. The van der Waals surface area contributed by atoms with Crippen LogP contribution in [0.4, 0.5) is 0 Å². The number of hydrogen-bond acceptors (Lipinski definition) is 2. The molecule has 6 rings (SSSR count). The average Bonchev–Trinajstić information content (AvgIpc) is 3.05. The molecule has 0 saturated carbocycles. The Labute approximate surface area is 258 Å². The zero-order valence-corrected chi connectivity index (χ0v) is 26.1. The maximum absolute atomic E-state index is 9.00. The third-order valence-electron chi connectivity index (χ3n) is 6.09. The van der Waals surface area contributed by atoms with Crippen LogP contribution in [0.25, 0.3) is 0 Å². The Hall–Kier alpha value is -4.39. The molecule has 0 atom stereocenters. The fourth-order valence-electron chi connectivity index (χ4n) is 4.36. The first-order chi connectivity index (χ1) is 20.6. The van der Waals surface area contributed by atoms with Crippen LogP contribution < -0.4 is 38.0 Å². The summed E-state index contributed by atoms with van der Waals surface area (Å²) < 4.78 is 0. The van der Waals surface area contributed by atoms with Gasteiger partial charge >= 0.3 is 0 Å². The van der Waals surface area contributed by atoms with Crippen molar-refractivity contribution in [3.8, 4) is 0 Å². The van der Waals surface area contributed by atoms with E-state index in [9.17, 15) is 0 Å². The zero-order valence-electron chi connectivity index (χ0n) is 24.3. The molecule has 5 heteroatoms. The van der Waals surface area contributed by atoms with Crippen LogP contribution in [0.1, 0.15) is 6.92 Å². The average molecular weight is 602 g/mol. The molecule has 0 fully saturated rings. The lowest BCUT2D eigenvalue weighted by Crippen LogP contribution is -2.20. The summed E-state index contributed by atoms with van der Waals surface area (Å²) in [5, 5.41) is 15.8. The van der Waals surface area contributed by atoms with Gasteiger partial charge in [0.25, 0.3) is 5.97 Å². The van der Waals surface area contributed by atoms with E-state index in [-0.39, 0.29) is 6.15 Å². The molecule has 6 aromatic rings. The minimum Gasteiger partial charge on any atom is -0.481 e. The molecule has 0 aliphatic carbocycles. The first kappa shape index (κ1) is 33.1. The highest BCUT2D eigenvalue weighted by molar-refractivity contribution is 7.80. The molecule has 0 amide bonds.